The van der Waals surface area contributed by atoms with Crippen molar-refractivity contribution in [1.82, 2.24) is 9.62 Å². The second kappa shape index (κ2) is 11.6. The summed E-state index contributed by atoms with van der Waals surface area (Å²) in [4.78, 5) is 36.3. The van der Waals surface area contributed by atoms with Crippen LogP contribution in [0.3, 0.4) is 0 Å². The number of aryl methyl sites for hydroxylation is 2. The van der Waals surface area contributed by atoms with Gasteiger partial charge in [0.2, 0.25) is 10.0 Å². The average Bonchev–Trinajstić information content (AvgIpc) is 2.79. The number of anilines is 1. The fraction of sp³-hybridized carbons (Fsp3) is 0.348. The van der Waals surface area contributed by atoms with Crippen molar-refractivity contribution in [3.05, 3.63) is 59.2 Å². The Hall–Kier alpha value is -3.24. The minimum Gasteiger partial charge on any atom is -0.454 e. The van der Waals surface area contributed by atoms with E-state index in [2.05, 4.69) is 10.6 Å². The van der Waals surface area contributed by atoms with Crippen LogP contribution in [-0.4, -0.2) is 56.7 Å². The number of esters is 1. The first-order valence-electron chi connectivity index (χ1n) is 10.5. The van der Waals surface area contributed by atoms with Crippen LogP contribution in [0, 0.1) is 13.8 Å². The standard InChI is InChI=1S/C23H29N3O6S/c1-5-26(6-2)33(30,31)19-12-10-18(11-13-19)23(29)24-14-21(28)32-15-20(27)25-22-16(3)8-7-9-17(22)4/h7-13H,5-6,14-15H2,1-4H3,(H,24,29)(H,25,27). The molecule has 0 radical (unpaired) electrons. The molecule has 2 aromatic rings. The number of benzene rings is 2. The third-order valence-corrected chi connectivity index (χ3v) is 7.03. The van der Waals surface area contributed by atoms with Gasteiger partial charge in [0.1, 0.15) is 6.54 Å². The Labute approximate surface area is 194 Å². The number of amides is 2. The van der Waals surface area contributed by atoms with E-state index in [0.717, 1.165) is 11.1 Å². The highest BCUT2D eigenvalue weighted by Gasteiger charge is 2.21. The number of hydrogen-bond acceptors (Lipinski definition) is 6. The Balaban J connectivity index is 1.85. The number of carbonyl (C=O) groups excluding carboxylic acids is 3. The molecule has 33 heavy (non-hydrogen) atoms. The van der Waals surface area contributed by atoms with E-state index in [1.54, 1.807) is 13.8 Å². The molecule has 2 rings (SSSR count). The minimum atomic E-state index is -3.62. The molecular formula is C23H29N3O6S. The molecule has 2 amide bonds. The topological polar surface area (TPSA) is 122 Å². The first-order valence-corrected chi connectivity index (χ1v) is 11.9. The number of para-hydroxylation sites is 1. The molecule has 0 heterocycles. The first-order chi connectivity index (χ1) is 15.6. The highest BCUT2D eigenvalue weighted by molar-refractivity contribution is 7.89. The average molecular weight is 476 g/mol. The molecule has 0 spiro atoms. The Morgan fingerprint density at radius 3 is 2.06 bits per heavy atom. The molecule has 0 aliphatic rings. The zero-order chi connectivity index (χ0) is 24.6. The van der Waals surface area contributed by atoms with E-state index in [0.29, 0.717) is 18.8 Å². The monoisotopic (exact) mass is 475 g/mol. The van der Waals surface area contributed by atoms with E-state index in [4.69, 9.17) is 4.74 Å². The predicted molar refractivity (Wildman–Crippen MR) is 124 cm³/mol. The largest absolute Gasteiger partial charge is 0.454 e. The Kier molecular flexibility index (Phi) is 9.12. The van der Waals surface area contributed by atoms with E-state index >= 15 is 0 Å². The number of hydrogen-bond donors (Lipinski definition) is 2. The van der Waals surface area contributed by atoms with Gasteiger partial charge in [-0.05, 0) is 49.2 Å². The summed E-state index contributed by atoms with van der Waals surface area (Å²) in [7, 11) is -3.62. The lowest BCUT2D eigenvalue weighted by Gasteiger charge is -2.18. The zero-order valence-corrected chi connectivity index (χ0v) is 20.0. The SMILES string of the molecule is CCN(CC)S(=O)(=O)c1ccc(C(=O)NCC(=O)OCC(=O)Nc2c(C)cccc2C)cc1. The van der Waals surface area contributed by atoms with E-state index in [-0.39, 0.29) is 10.5 Å². The van der Waals surface area contributed by atoms with Gasteiger partial charge in [-0.25, -0.2) is 8.42 Å². The van der Waals surface area contributed by atoms with Crippen LogP contribution >= 0.6 is 0 Å². The second-order valence-corrected chi connectivity index (χ2v) is 9.21. The second-order valence-electron chi connectivity index (χ2n) is 7.27. The molecule has 0 saturated heterocycles. The van der Waals surface area contributed by atoms with Crippen LogP contribution in [0.15, 0.2) is 47.4 Å². The summed E-state index contributed by atoms with van der Waals surface area (Å²) >= 11 is 0. The molecule has 10 heteroatoms. The van der Waals surface area contributed by atoms with Crippen molar-refractivity contribution in [3.8, 4) is 0 Å². The summed E-state index contributed by atoms with van der Waals surface area (Å²) in [6.07, 6.45) is 0. The lowest BCUT2D eigenvalue weighted by molar-refractivity contribution is -0.146. The summed E-state index contributed by atoms with van der Waals surface area (Å²) in [6, 6.07) is 11.0. The van der Waals surface area contributed by atoms with Gasteiger partial charge in [0, 0.05) is 24.3 Å². The Bertz CT molecular complexity index is 1090. The van der Waals surface area contributed by atoms with Crippen LogP contribution in [0.25, 0.3) is 0 Å². The smallest absolute Gasteiger partial charge is 0.325 e. The molecular weight excluding hydrogens is 446 g/mol. The molecule has 0 unspecified atom stereocenters. The van der Waals surface area contributed by atoms with Crippen LogP contribution in [-0.2, 0) is 24.3 Å². The molecule has 0 aliphatic carbocycles. The maximum Gasteiger partial charge on any atom is 0.325 e. The van der Waals surface area contributed by atoms with E-state index in [1.807, 2.05) is 32.0 Å². The summed E-state index contributed by atoms with van der Waals surface area (Å²) in [5, 5.41) is 5.09. The van der Waals surface area contributed by atoms with Crippen molar-refractivity contribution in [2.75, 3.05) is 31.6 Å². The highest BCUT2D eigenvalue weighted by atomic mass is 32.2. The number of ether oxygens (including phenoxy) is 1. The molecule has 0 fully saturated rings. The van der Waals surface area contributed by atoms with Gasteiger partial charge in [-0.1, -0.05) is 32.0 Å². The first kappa shape index (κ1) is 26.0. The summed E-state index contributed by atoms with van der Waals surface area (Å²) in [6.45, 7) is 6.96. The van der Waals surface area contributed by atoms with Crippen molar-refractivity contribution in [3.63, 3.8) is 0 Å². The summed E-state index contributed by atoms with van der Waals surface area (Å²) < 4.78 is 31.2. The van der Waals surface area contributed by atoms with Crippen molar-refractivity contribution < 1.29 is 27.5 Å². The zero-order valence-electron chi connectivity index (χ0n) is 19.2. The normalized spacial score (nSPS) is 11.2. The molecule has 2 N–H and O–H groups in total. The van der Waals surface area contributed by atoms with Gasteiger partial charge in [-0.2, -0.15) is 4.31 Å². The number of nitrogens with zero attached hydrogens (tertiary/aromatic N) is 1. The van der Waals surface area contributed by atoms with Gasteiger partial charge in [0.15, 0.2) is 6.61 Å². The van der Waals surface area contributed by atoms with Crippen molar-refractivity contribution in [1.29, 1.82) is 0 Å². The molecule has 0 aliphatic heterocycles. The third-order valence-electron chi connectivity index (χ3n) is 4.96. The molecule has 0 aromatic heterocycles. The summed E-state index contributed by atoms with van der Waals surface area (Å²) in [5.41, 5.74) is 2.63. The molecule has 9 nitrogen and oxygen atoms in total. The van der Waals surface area contributed by atoms with Gasteiger partial charge in [0.25, 0.3) is 11.8 Å². The van der Waals surface area contributed by atoms with Crippen LogP contribution < -0.4 is 10.6 Å². The van der Waals surface area contributed by atoms with Crippen molar-refractivity contribution in [2.24, 2.45) is 0 Å². The molecule has 0 atom stereocenters. The third kappa shape index (κ3) is 6.87. The van der Waals surface area contributed by atoms with Crippen LogP contribution in [0.5, 0.6) is 0 Å². The van der Waals surface area contributed by atoms with Crippen molar-refractivity contribution in [2.45, 2.75) is 32.6 Å². The minimum absolute atomic E-state index is 0.0806. The number of carbonyl (C=O) groups is 3. The van der Waals surface area contributed by atoms with Crippen LogP contribution in [0.1, 0.15) is 35.3 Å². The van der Waals surface area contributed by atoms with E-state index in [9.17, 15) is 22.8 Å². The van der Waals surface area contributed by atoms with Gasteiger partial charge >= 0.3 is 5.97 Å². The maximum atomic E-state index is 12.5. The maximum absolute atomic E-state index is 12.5. The van der Waals surface area contributed by atoms with Crippen molar-refractivity contribution >= 4 is 33.5 Å². The van der Waals surface area contributed by atoms with E-state index in [1.165, 1.54) is 28.6 Å². The predicted octanol–water partition coefficient (Wildman–Crippen LogP) is 2.25. The summed E-state index contributed by atoms with van der Waals surface area (Å²) in [5.74, 6) is -1.84. The molecule has 178 valence electrons. The van der Waals surface area contributed by atoms with E-state index < -0.39 is 41.0 Å². The van der Waals surface area contributed by atoms with Gasteiger partial charge in [0.05, 0.1) is 4.90 Å². The lowest BCUT2D eigenvalue weighted by Crippen LogP contribution is -2.32. The molecule has 0 bridgehead atoms. The number of nitrogens with one attached hydrogen (secondary N) is 2. The van der Waals surface area contributed by atoms with Gasteiger partial charge in [-0.3, -0.25) is 14.4 Å². The fourth-order valence-corrected chi connectivity index (χ4v) is 4.59. The fourth-order valence-electron chi connectivity index (χ4n) is 3.13. The number of rotatable bonds is 10. The quantitative estimate of drug-likeness (QED) is 0.508. The lowest BCUT2D eigenvalue weighted by atomic mass is 10.1. The molecule has 2 aromatic carbocycles. The Morgan fingerprint density at radius 2 is 1.52 bits per heavy atom. The highest BCUT2D eigenvalue weighted by Crippen LogP contribution is 2.19. The number of sulfonamides is 1. The molecule has 0 saturated carbocycles. The van der Waals surface area contributed by atoms with Crippen LogP contribution in [0.2, 0.25) is 0 Å². The van der Waals surface area contributed by atoms with Gasteiger partial charge in [-0.15, -0.1) is 0 Å². The van der Waals surface area contributed by atoms with Gasteiger partial charge < -0.3 is 15.4 Å². The Morgan fingerprint density at radius 1 is 0.939 bits per heavy atom. The van der Waals surface area contributed by atoms with Crippen LogP contribution in [0.4, 0.5) is 5.69 Å².